The second-order valence-electron chi connectivity index (χ2n) is 8.87. The second-order valence-corrected chi connectivity index (χ2v) is 8.87. The van der Waals surface area contributed by atoms with E-state index in [1.54, 1.807) is 13.3 Å². The van der Waals surface area contributed by atoms with Crippen molar-refractivity contribution >= 4 is 11.8 Å². The Labute approximate surface area is 189 Å². The van der Waals surface area contributed by atoms with Gasteiger partial charge in [0.15, 0.2) is 0 Å². The molecule has 1 atom stereocenters. The third-order valence-electron chi connectivity index (χ3n) is 6.63. The fourth-order valence-electron chi connectivity index (χ4n) is 4.78. The SMILES string of the molecule is COc1cccc(CNC(=O)c2cnc(C3CCCN(C(=O)C4CCCC4)C3)nc2C)c1. The third kappa shape index (κ3) is 5.09. The van der Waals surface area contributed by atoms with Crippen molar-refractivity contribution in [2.45, 2.75) is 57.9 Å². The van der Waals surface area contributed by atoms with Crippen LogP contribution in [-0.2, 0) is 11.3 Å². The molecule has 0 spiro atoms. The summed E-state index contributed by atoms with van der Waals surface area (Å²) in [6.45, 7) is 3.75. The Kier molecular flexibility index (Phi) is 7.02. The summed E-state index contributed by atoms with van der Waals surface area (Å²) >= 11 is 0. The number of carbonyl (C=O) groups excluding carboxylic acids is 2. The number of hydrogen-bond donors (Lipinski definition) is 1. The van der Waals surface area contributed by atoms with Crippen LogP contribution < -0.4 is 10.1 Å². The topological polar surface area (TPSA) is 84.4 Å². The molecule has 0 bridgehead atoms. The molecular weight excluding hydrogens is 404 g/mol. The molecule has 1 saturated carbocycles. The first-order valence-electron chi connectivity index (χ1n) is 11.6. The first-order valence-corrected chi connectivity index (χ1v) is 11.6. The summed E-state index contributed by atoms with van der Waals surface area (Å²) in [5.41, 5.74) is 2.10. The highest BCUT2D eigenvalue weighted by Gasteiger charge is 2.32. The van der Waals surface area contributed by atoms with Gasteiger partial charge in [-0.05, 0) is 50.3 Å². The molecule has 2 aromatic rings. The van der Waals surface area contributed by atoms with Gasteiger partial charge in [-0.15, -0.1) is 0 Å². The standard InChI is InChI=1S/C25H32N4O3/c1-17-22(24(30)27-14-18-7-5-11-21(13-18)32-2)15-26-23(28-17)20-10-6-12-29(16-20)25(31)19-8-3-4-9-19/h5,7,11,13,15,19-20H,3-4,6,8-10,12,14,16H2,1-2H3,(H,27,30). The maximum atomic E-state index is 12.8. The highest BCUT2D eigenvalue weighted by atomic mass is 16.5. The van der Waals surface area contributed by atoms with E-state index in [0.29, 0.717) is 30.3 Å². The zero-order chi connectivity index (χ0) is 22.5. The molecule has 7 nitrogen and oxygen atoms in total. The summed E-state index contributed by atoms with van der Waals surface area (Å²) in [6.07, 6.45) is 7.93. The molecule has 170 valence electrons. The van der Waals surface area contributed by atoms with Crippen LogP contribution in [0, 0.1) is 12.8 Å². The van der Waals surface area contributed by atoms with Gasteiger partial charge in [0.1, 0.15) is 11.6 Å². The lowest BCUT2D eigenvalue weighted by Gasteiger charge is -2.33. The summed E-state index contributed by atoms with van der Waals surface area (Å²) in [4.78, 5) is 36.7. The van der Waals surface area contributed by atoms with E-state index in [9.17, 15) is 9.59 Å². The van der Waals surface area contributed by atoms with Gasteiger partial charge >= 0.3 is 0 Å². The Morgan fingerprint density at radius 1 is 1.19 bits per heavy atom. The number of nitrogens with zero attached hydrogens (tertiary/aromatic N) is 3. The molecule has 2 aliphatic rings. The van der Waals surface area contributed by atoms with E-state index in [1.807, 2.05) is 36.1 Å². The first kappa shape index (κ1) is 22.2. The smallest absolute Gasteiger partial charge is 0.254 e. The Morgan fingerprint density at radius 2 is 2.00 bits per heavy atom. The summed E-state index contributed by atoms with van der Waals surface area (Å²) in [7, 11) is 1.62. The van der Waals surface area contributed by atoms with Gasteiger partial charge in [-0.2, -0.15) is 0 Å². The average molecular weight is 437 g/mol. The molecule has 1 unspecified atom stereocenters. The molecule has 1 N–H and O–H groups in total. The molecule has 1 aliphatic heterocycles. The minimum Gasteiger partial charge on any atom is -0.497 e. The fourth-order valence-corrected chi connectivity index (χ4v) is 4.78. The minimum absolute atomic E-state index is 0.127. The normalized spacial score (nSPS) is 19.1. The molecule has 1 aliphatic carbocycles. The quantitative estimate of drug-likeness (QED) is 0.748. The summed E-state index contributed by atoms with van der Waals surface area (Å²) in [6, 6.07) is 7.61. The number of benzene rings is 1. The third-order valence-corrected chi connectivity index (χ3v) is 6.63. The van der Waals surface area contributed by atoms with E-state index in [1.165, 1.54) is 0 Å². The van der Waals surface area contributed by atoms with Crippen molar-refractivity contribution in [2.75, 3.05) is 20.2 Å². The Hall–Kier alpha value is -2.96. The van der Waals surface area contributed by atoms with E-state index in [0.717, 1.165) is 62.2 Å². The van der Waals surface area contributed by atoms with Crippen molar-refractivity contribution in [3.05, 3.63) is 53.1 Å². The number of likely N-dealkylation sites (tertiary alicyclic amines) is 1. The van der Waals surface area contributed by atoms with Crippen LogP contribution in [0.3, 0.4) is 0 Å². The van der Waals surface area contributed by atoms with E-state index in [-0.39, 0.29) is 17.7 Å². The summed E-state index contributed by atoms with van der Waals surface area (Å²) in [5.74, 6) is 1.93. The van der Waals surface area contributed by atoms with Gasteiger partial charge in [-0.25, -0.2) is 9.97 Å². The molecule has 1 aromatic carbocycles. The number of amides is 2. The van der Waals surface area contributed by atoms with Gasteiger partial charge in [0.05, 0.1) is 18.4 Å². The molecule has 2 fully saturated rings. The zero-order valence-corrected chi connectivity index (χ0v) is 19.0. The van der Waals surface area contributed by atoms with Crippen LogP contribution in [0.1, 0.15) is 71.9 Å². The maximum Gasteiger partial charge on any atom is 0.254 e. The van der Waals surface area contributed by atoms with E-state index < -0.39 is 0 Å². The predicted octanol–water partition coefficient (Wildman–Crippen LogP) is 3.62. The molecule has 0 radical (unpaired) electrons. The first-order chi connectivity index (χ1) is 15.5. The molecule has 32 heavy (non-hydrogen) atoms. The highest BCUT2D eigenvalue weighted by molar-refractivity contribution is 5.94. The maximum absolute atomic E-state index is 12.8. The van der Waals surface area contributed by atoms with Crippen molar-refractivity contribution in [3.8, 4) is 5.75 Å². The monoisotopic (exact) mass is 436 g/mol. The highest BCUT2D eigenvalue weighted by Crippen LogP contribution is 2.30. The molecule has 4 rings (SSSR count). The number of nitrogens with one attached hydrogen (secondary N) is 1. The van der Waals surface area contributed by atoms with E-state index in [4.69, 9.17) is 4.74 Å². The van der Waals surface area contributed by atoms with Crippen LogP contribution >= 0.6 is 0 Å². The molecule has 2 heterocycles. The zero-order valence-electron chi connectivity index (χ0n) is 19.0. The predicted molar refractivity (Wildman–Crippen MR) is 121 cm³/mol. The van der Waals surface area contributed by atoms with Gasteiger partial charge in [0.25, 0.3) is 5.91 Å². The van der Waals surface area contributed by atoms with Crippen molar-refractivity contribution in [3.63, 3.8) is 0 Å². The fraction of sp³-hybridized carbons (Fsp3) is 0.520. The van der Waals surface area contributed by atoms with Gasteiger partial charge in [0, 0.05) is 37.7 Å². The van der Waals surface area contributed by atoms with Crippen LogP contribution in [0.15, 0.2) is 30.5 Å². The van der Waals surface area contributed by atoms with Crippen molar-refractivity contribution < 1.29 is 14.3 Å². The Bertz CT molecular complexity index is 971. The van der Waals surface area contributed by atoms with Crippen LogP contribution in [0.25, 0.3) is 0 Å². The summed E-state index contributed by atoms with van der Waals surface area (Å²) < 4.78 is 5.23. The summed E-state index contributed by atoms with van der Waals surface area (Å²) in [5, 5.41) is 2.93. The number of aryl methyl sites for hydroxylation is 1. The number of methoxy groups -OCH3 is 1. The molecule has 1 saturated heterocycles. The number of hydrogen-bond acceptors (Lipinski definition) is 5. The van der Waals surface area contributed by atoms with Crippen LogP contribution in [-0.4, -0.2) is 46.9 Å². The Morgan fingerprint density at radius 3 is 2.75 bits per heavy atom. The lowest BCUT2D eigenvalue weighted by atomic mass is 9.95. The second kappa shape index (κ2) is 10.1. The van der Waals surface area contributed by atoms with Crippen molar-refractivity contribution in [2.24, 2.45) is 5.92 Å². The molecule has 7 heteroatoms. The molecule has 1 aromatic heterocycles. The number of ether oxygens (including phenoxy) is 1. The Balaban J connectivity index is 1.38. The largest absolute Gasteiger partial charge is 0.497 e. The van der Waals surface area contributed by atoms with E-state index >= 15 is 0 Å². The molecular formula is C25H32N4O3. The van der Waals surface area contributed by atoms with Gasteiger partial charge in [-0.1, -0.05) is 25.0 Å². The van der Waals surface area contributed by atoms with Crippen LogP contribution in [0.5, 0.6) is 5.75 Å². The number of rotatable bonds is 6. The molecule has 2 amide bonds. The minimum atomic E-state index is -0.196. The van der Waals surface area contributed by atoms with Gasteiger partial charge in [0.2, 0.25) is 5.91 Å². The van der Waals surface area contributed by atoms with Gasteiger partial charge in [-0.3, -0.25) is 9.59 Å². The number of piperidine rings is 1. The lowest BCUT2D eigenvalue weighted by Crippen LogP contribution is -2.42. The lowest BCUT2D eigenvalue weighted by molar-refractivity contribution is -0.136. The number of carbonyl (C=O) groups is 2. The average Bonchev–Trinajstić information content (AvgIpc) is 3.37. The van der Waals surface area contributed by atoms with E-state index in [2.05, 4.69) is 15.3 Å². The van der Waals surface area contributed by atoms with Gasteiger partial charge < -0.3 is 15.0 Å². The van der Waals surface area contributed by atoms with Crippen molar-refractivity contribution in [1.82, 2.24) is 20.2 Å². The van der Waals surface area contributed by atoms with Crippen molar-refractivity contribution in [1.29, 1.82) is 0 Å². The van der Waals surface area contributed by atoms with Crippen LogP contribution in [0.4, 0.5) is 0 Å². The number of aromatic nitrogens is 2. The van der Waals surface area contributed by atoms with Crippen LogP contribution in [0.2, 0.25) is 0 Å².